The largest absolute Gasteiger partial charge is 0.329 e. The van der Waals surface area contributed by atoms with Crippen molar-refractivity contribution in [3.05, 3.63) is 29.6 Å². The Bertz CT molecular complexity index is 456. The highest BCUT2D eigenvalue weighted by Gasteiger charge is 2.21. The third-order valence-electron chi connectivity index (χ3n) is 2.72. The van der Waals surface area contributed by atoms with Crippen molar-refractivity contribution in [3.8, 4) is 0 Å². The van der Waals surface area contributed by atoms with E-state index in [-0.39, 0.29) is 13.1 Å². The number of aryl methyl sites for hydroxylation is 1. The van der Waals surface area contributed by atoms with Crippen LogP contribution in [0.5, 0.6) is 0 Å². The van der Waals surface area contributed by atoms with Gasteiger partial charge in [-0.1, -0.05) is 13.0 Å². The van der Waals surface area contributed by atoms with E-state index >= 15 is 0 Å². The predicted octanol–water partition coefficient (Wildman–Crippen LogP) is 0.547. The van der Waals surface area contributed by atoms with Crippen molar-refractivity contribution >= 4 is 10.0 Å². The summed E-state index contributed by atoms with van der Waals surface area (Å²) in [5.74, 6) is 0. The fourth-order valence-electron chi connectivity index (χ4n) is 1.50. The van der Waals surface area contributed by atoms with E-state index in [9.17, 15) is 8.42 Å². The number of sulfonamides is 1. The Morgan fingerprint density at radius 2 is 2.24 bits per heavy atom. The van der Waals surface area contributed by atoms with E-state index in [4.69, 9.17) is 5.73 Å². The van der Waals surface area contributed by atoms with Crippen molar-refractivity contribution in [1.29, 1.82) is 0 Å². The van der Waals surface area contributed by atoms with E-state index in [1.165, 1.54) is 0 Å². The molecule has 96 valence electrons. The van der Waals surface area contributed by atoms with Gasteiger partial charge in [-0.3, -0.25) is 4.98 Å². The molecule has 6 heteroatoms. The topological polar surface area (TPSA) is 85.1 Å². The SMILES string of the molecule is CCC(CN)S(=O)(=O)NCc1ncccc1C. The van der Waals surface area contributed by atoms with Crippen molar-refractivity contribution in [2.75, 3.05) is 6.54 Å². The third-order valence-corrected chi connectivity index (χ3v) is 4.67. The van der Waals surface area contributed by atoms with E-state index in [2.05, 4.69) is 9.71 Å². The highest BCUT2D eigenvalue weighted by atomic mass is 32.2. The minimum Gasteiger partial charge on any atom is -0.329 e. The van der Waals surface area contributed by atoms with Crippen LogP contribution in [0.4, 0.5) is 0 Å². The number of nitrogens with one attached hydrogen (secondary N) is 1. The van der Waals surface area contributed by atoms with Gasteiger partial charge in [0, 0.05) is 12.7 Å². The van der Waals surface area contributed by atoms with E-state index < -0.39 is 15.3 Å². The van der Waals surface area contributed by atoms with E-state index in [0.717, 1.165) is 11.3 Å². The summed E-state index contributed by atoms with van der Waals surface area (Å²) in [4.78, 5) is 4.13. The Balaban J connectivity index is 2.71. The zero-order valence-electron chi connectivity index (χ0n) is 10.2. The van der Waals surface area contributed by atoms with Crippen LogP contribution in [0.15, 0.2) is 18.3 Å². The molecule has 1 aromatic rings. The van der Waals surface area contributed by atoms with Gasteiger partial charge >= 0.3 is 0 Å². The molecule has 1 atom stereocenters. The fraction of sp³-hybridized carbons (Fsp3) is 0.545. The molecule has 1 heterocycles. The average molecular weight is 257 g/mol. The molecule has 0 aliphatic carbocycles. The minimum absolute atomic E-state index is 0.132. The molecule has 0 radical (unpaired) electrons. The fourth-order valence-corrected chi connectivity index (χ4v) is 2.77. The summed E-state index contributed by atoms with van der Waals surface area (Å²) in [6.45, 7) is 4.05. The van der Waals surface area contributed by atoms with E-state index in [1.54, 1.807) is 6.20 Å². The van der Waals surface area contributed by atoms with Gasteiger partial charge in [0.25, 0.3) is 0 Å². The number of rotatable bonds is 6. The average Bonchev–Trinajstić information content (AvgIpc) is 2.29. The lowest BCUT2D eigenvalue weighted by molar-refractivity contribution is 0.560. The van der Waals surface area contributed by atoms with Crippen molar-refractivity contribution in [1.82, 2.24) is 9.71 Å². The molecule has 0 fully saturated rings. The first-order valence-corrected chi connectivity index (χ1v) is 7.15. The standard InChI is InChI=1S/C11H19N3O2S/c1-3-10(7-12)17(15,16)14-8-11-9(2)5-4-6-13-11/h4-6,10,14H,3,7-8,12H2,1-2H3. The number of hydrogen-bond donors (Lipinski definition) is 2. The maximum atomic E-state index is 11.9. The van der Waals surface area contributed by atoms with Gasteiger partial charge < -0.3 is 5.73 Å². The van der Waals surface area contributed by atoms with E-state index in [0.29, 0.717) is 6.42 Å². The lowest BCUT2D eigenvalue weighted by Gasteiger charge is -2.14. The highest BCUT2D eigenvalue weighted by molar-refractivity contribution is 7.90. The first kappa shape index (κ1) is 14.1. The summed E-state index contributed by atoms with van der Waals surface area (Å²) in [6.07, 6.45) is 2.16. The lowest BCUT2D eigenvalue weighted by atomic mass is 10.2. The molecule has 0 saturated heterocycles. The lowest BCUT2D eigenvalue weighted by Crippen LogP contribution is -2.38. The van der Waals surface area contributed by atoms with Crippen molar-refractivity contribution in [2.45, 2.75) is 32.1 Å². The predicted molar refractivity (Wildman–Crippen MR) is 67.9 cm³/mol. The van der Waals surface area contributed by atoms with Crippen molar-refractivity contribution in [2.24, 2.45) is 5.73 Å². The van der Waals surface area contributed by atoms with Gasteiger partial charge in [-0.15, -0.1) is 0 Å². The van der Waals surface area contributed by atoms with Crippen LogP contribution in [0.3, 0.4) is 0 Å². The highest BCUT2D eigenvalue weighted by Crippen LogP contribution is 2.06. The molecule has 0 amide bonds. The molecule has 0 aliphatic rings. The number of nitrogens with two attached hydrogens (primary N) is 1. The first-order chi connectivity index (χ1) is 8.01. The Labute approximate surface area is 102 Å². The van der Waals surface area contributed by atoms with Crippen LogP contribution in [0.1, 0.15) is 24.6 Å². The van der Waals surface area contributed by atoms with Gasteiger partial charge in [0.15, 0.2) is 0 Å². The summed E-state index contributed by atoms with van der Waals surface area (Å²) in [5.41, 5.74) is 7.14. The van der Waals surface area contributed by atoms with Crippen LogP contribution >= 0.6 is 0 Å². The number of nitrogens with zero attached hydrogens (tertiary/aromatic N) is 1. The molecule has 0 bridgehead atoms. The molecule has 0 aliphatic heterocycles. The molecule has 1 unspecified atom stereocenters. The third kappa shape index (κ3) is 3.76. The van der Waals surface area contributed by atoms with Gasteiger partial charge in [0.2, 0.25) is 10.0 Å². The number of pyridine rings is 1. The molecule has 0 saturated carbocycles. The Kier molecular flexibility index (Phi) is 5.04. The van der Waals surface area contributed by atoms with Gasteiger partial charge in [-0.2, -0.15) is 0 Å². The molecule has 1 rings (SSSR count). The molecule has 1 aromatic heterocycles. The van der Waals surface area contributed by atoms with Crippen LogP contribution in [0.2, 0.25) is 0 Å². The van der Waals surface area contributed by atoms with Crippen LogP contribution in [0.25, 0.3) is 0 Å². The Morgan fingerprint density at radius 1 is 1.53 bits per heavy atom. The van der Waals surface area contributed by atoms with Gasteiger partial charge in [-0.25, -0.2) is 13.1 Å². The van der Waals surface area contributed by atoms with E-state index in [1.807, 2.05) is 26.0 Å². The van der Waals surface area contributed by atoms with Gasteiger partial charge in [-0.05, 0) is 25.0 Å². The first-order valence-electron chi connectivity index (χ1n) is 5.60. The normalized spacial score (nSPS) is 13.6. The molecule has 17 heavy (non-hydrogen) atoms. The quantitative estimate of drug-likeness (QED) is 0.779. The van der Waals surface area contributed by atoms with Crippen molar-refractivity contribution < 1.29 is 8.42 Å². The zero-order chi connectivity index (χ0) is 12.9. The second kappa shape index (κ2) is 6.09. The minimum atomic E-state index is -3.35. The maximum Gasteiger partial charge on any atom is 0.216 e. The molecule has 3 N–H and O–H groups in total. The van der Waals surface area contributed by atoms with Gasteiger partial charge in [0.05, 0.1) is 17.5 Å². The summed E-state index contributed by atoms with van der Waals surface area (Å²) >= 11 is 0. The Hall–Kier alpha value is -0.980. The van der Waals surface area contributed by atoms with Crippen LogP contribution in [-0.2, 0) is 16.6 Å². The maximum absolute atomic E-state index is 11.9. The van der Waals surface area contributed by atoms with Gasteiger partial charge in [0.1, 0.15) is 0 Å². The summed E-state index contributed by atoms with van der Waals surface area (Å²) in [7, 11) is -3.35. The molecular weight excluding hydrogens is 238 g/mol. The smallest absolute Gasteiger partial charge is 0.216 e. The Morgan fingerprint density at radius 3 is 2.76 bits per heavy atom. The number of hydrogen-bond acceptors (Lipinski definition) is 4. The number of aromatic nitrogens is 1. The molecular formula is C11H19N3O2S. The summed E-state index contributed by atoms with van der Waals surface area (Å²) < 4.78 is 26.3. The molecule has 0 aromatic carbocycles. The van der Waals surface area contributed by atoms with Crippen LogP contribution in [-0.4, -0.2) is 25.2 Å². The molecule has 5 nitrogen and oxygen atoms in total. The monoisotopic (exact) mass is 257 g/mol. The molecule has 0 spiro atoms. The van der Waals surface area contributed by atoms with Crippen molar-refractivity contribution in [3.63, 3.8) is 0 Å². The second-order valence-corrected chi connectivity index (χ2v) is 5.94. The summed E-state index contributed by atoms with van der Waals surface area (Å²) in [5, 5.41) is -0.536. The zero-order valence-corrected chi connectivity index (χ0v) is 11.0. The van der Waals surface area contributed by atoms with Crippen LogP contribution < -0.4 is 10.5 Å². The summed E-state index contributed by atoms with van der Waals surface area (Å²) in [6, 6.07) is 3.72. The van der Waals surface area contributed by atoms with Crippen LogP contribution in [0, 0.1) is 6.92 Å². The second-order valence-electron chi connectivity index (χ2n) is 3.90.